The predicted molar refractivity (Wildman–Crippen MR) is 383 cm³/mol. The third-order valence-electron chi connectivity index (χ3n) is 21.1. The third kappa shape index (κ3) is 15.5. The van der Waals surface area contributed by atoms with Crippen LogP contribution >= 0.6 is 15.9 Å². The minimum atomic E-state index is -0.188. The Kier molecular flexibility index (Phi) is 29.6. The molecule has 4 nitrogen and oxygen atoms in total. The van der Waals surface area contributed by atoms with Gasteiger partial charge in [-0.15, -0.1) is 133 Å². The van der Waals surface area contributed by atoms with Crippen LogP contribution in [-0.2, 0) is 264 Å². The molecule has 12 aromatic carbocycles. The molecule has 2 aliphatic heterocycles. The van der Waals surface area contributed by atoms with Gasteiger partial charge in [-0.25, -0.2) is 0 Å². The summed E-state index contributed by atoms with van der Waals surface area (Å²) in [5.41, 5.74) is 18.8. The smallest absolute Gasteiger partial charge is 0.405 e. The molecule has 0 aromatic heterocycles. The Balaban J connectivity index is 0.000000198. The second kappa shape index (κ2) is 33.3. The van der Waals surface area contributed by atoms with Crippen molar-refractivity contribution < 1.29 is 248 Å². The summed E-state index contributed by atoms with van der Waals surface area (Å²) in [5.74, 6) is 0. The van der Waals surface area contributed by atoms with Gasteiger partial charge < -0.3 is 18.6 Å². The van der Waals surface area contributed by atoms with Crippen LogP contribution in [-0.4, -0.2) is 37.8 Å². The Morgan fingerprint density at radius 1 is 0.278 bits per heavy atom. The van der Waals surface area contributed by atoms with Crippen LogP contribution in [0.5, 0.6) is 0 Å². The summed E-state index contributed by atoms with van der Waals surface area (Å²) in [6.45, 7) is 34.6. The van der Waals surface area contributed by atoms with Gasteiger partial charge in [0.1, 0.15) is 0 Å². The van der Waals surface area contributed by atoms with Crippen LogP contribution in [0.2, 0.25) is 0 Å². The van der Waals surface area contributed by atoms with E-state index in [-0.39, 0.29) is 268 Å². The summed E-state index contributed by atoms with van der Waals surface area (Å²) in [7, 11) is 2.83. The fourth-order valence-electron chi connectivity index (χ4n) is 14.1. The number of rotatable bonds is 0. The molecule has 3 aliphatic carbocycles. The molecule has 5 aliphatic rings. The zero-order chi connectivity index (χ0) is 63.7. The first kappa shape index (κ1) is 86.3. The van der Waals surface area contributed by atoms with Gasteiger partial charge in [0.15, 0.2) is 0 Å². The first-order valence-corrected chi connectivity index (χ1v) is 32.4. The van der Waals surface area contributed by atoms with Gasteiger partial charge in [0.05, 0.1) is 22.4 Å². The Morgan fingerprint density at radius 2 is 0.495 bits per heavy atom. The molecule has 2 fully saturated rings. The van der Waals surface area contributed by atoms with Crippen molar-refractivity contribution >= 4 is 95.9 Å². The summed E-state index contributed by atoms with van der Waals surface area (Å²) in [6.07, 6.45) is 0. The van der Waals surface area contributed by atoms with Gasteiger partial charge in [0, 0.05) is 239 Å². The van der Waals surface area contributed by atoms with Crippen molar-refractivity contribution in [3.8, 4) is 33.4 Å². The number of hydrogen-bond acceptors (Lipinski definition) is 4. The van der Waals surface area contributed by atoms with Crippen LogP contribution in [0, 0.1) is 32.0 Å². The quantitative estimate of drug-likeness (QED) is 0.112. The molecule has 9 radical (unpaired) electrons. The van der Waals surface area contributed by atoms with Crippen molar-refractivity contribution in [1.82, 2.24) is 0 Å². The number of fused-ring (bicyclic) bond motifs is 21. The number of hydrogen-bond donors (Lipinski definition) is 0. The van der Waals surface area contributed by atoms with Crippen LogP contribution in [0.1, 0.15) is 141 Å². The van der Waals surface area contributed by atoms with E-state index >= 15 is 0 Å². The molecular weight excluding hydrogens is 1780 g/mol. The second-order valence-electron chi connectivity index (χ2n) is 28.6. The largest absolute Gasteiger partial charge is 0.488 e. The molecule has 0 amide bonds. The number of halogens is 1. The summed E-state index contributed by atoms with van der Waals surface area (Å²) >= 11 is 3.81. The number of aryl methyl sites for hydroxylation is 2. The molecule has 0 atom stereocenters. The Labute approximate surface area is 762 Å². The van der Waals surface area contributed by atoms with Gasteiger partial charge in [-0.05, 0) is 158 Å². The Morgan fingerprint density at radius 3 is 0.784 bits per heavy atom. The van der Waals surface area contributed by atoms with Crippen LogP contribution in [0.25, 0.3) is 98.0 Å². The summed E-state index contributed by atoms with van der Waals surface area (Å²) in [4.78, 5) is 0. The Hall–Kier alpha value is 0.377. The third-order valence-corrected chi connectivity index (χ3v) is 21.7. The summed E-state index contributed by atoms with van der Waals surface area (Å²) in [5, 5.41) is 15.6. The van der Waals surface area contributed by atoms with Gasteiger partial charge in [0.25, 0.3) is 0 Å². The van der Waals surface area contributed by atoms with Gasteiger partial charge in [-0.1, -0.05) is 190 Å². The van der Waals surface area contributed by atoms with Crippen molar-refractivity contribution in [2.45, 2.75) is 149 Å². The van der Waals surface area contributed by atoms with Crippen molar-refractivity contribution in [3.63, 3.8) is 0 Å². The van der Waals surface area contributed by atoms with Crippen LogP contribution in [0.3, 0.4) is 0 Å². The first-order chi connectivity index (χ1) is 42.7. The van der Waals surface area contributed by atoms with E-state index in [1.807, 2.05) is 55.4 Å². The predicted octanol–water partition coefficient (Wildman–Crippen LogP) is 21.9. The van der Waals surface area contributed by atoms with E-state index in [9.17, 15) is 0 Å². The fourth-order valence-corrected chi connectivity index (χ4v) is 14.7. The van der Waals surface area contributed by atoms with E-state index < -0.39 is 0 Å². The molecule has 12 aromatic rings. The van der Waals surface area contributed by atoms with E-state index in [0.717, 1.165) is 0 Å². The van der Waals surface area contributed by atoms with Crippen LogP contribution < -0.4 is 0 Å². The Bertz CT molecular complexity index is 4670. The summed E-state index contributed by atoms with van der Waals surface area (Å²) in [6, 6.07) is 76.4. The minimum absolute atomic E-state index is 0. The normalized spacial score (nSPS) is 16.5. The molecule has 2 saturated heterocycles. The maximum Gasteiger partial charge on any atom is 0.488 e. The second-order valence-corrected chi connectivity index (χ2v) is 29.5. The fraction of sp³-hybridized carbons (Fsp3) is 0.277. The average molecular weight is 1860 g/mol. The van der Waals surface area contributed by atoms with Crippen molar-refractivity contribution in [3.05, 3.63) is 249 Å². The topological polar surface area (TPSA) is 36.9 Å². The van der Waals surface area contributed by atoms with E-state index in [4.69, 9.17) is 18.6 Å². The molecule has 0 saturated carbocycles. The molecule has 14 heteroatoms. The van der Waals surface area contributed by atoms with Gasteiger partial charge in [-0.3, -0.25) is 0 Å². The molecule has 471 valence electrons. The molecule has 0 spiro atoms. The zero-order valence-electron chi connectivity index (χ0n) is 59.0. The average Bonchev–Trinajstić information content (AvgIpc) is 1.57. The maximum atomic E-state index is 5.21. The van der Waals surface area contributed by atoms with Crippen molar-refractivity contribution in [1.29, 1.82) is 0 Å². The molecule has 97 heavy (non-hydrogen) atoms. The monoisotopic (exact) mass is 1860 g/mol. The zero-order valence-corrected chi connectivity index (χ0v) is 80.5. The van der Waals surface area contributed by atoms with Crippen molar-refractivity contribution in [2.75, 3.05) is 0 Å². The first-order valence-electron chi connectivity index (χ1n) is 31.6. The maximum absolute atomic E-state index is 5.21. The molecular formula is C83H78B2BrO4Y7-3. The van der Waals surface area contributed by atoms with Gasteiger partial charge in [0.2, 0.25) is 0 Å². The molecule has 17 rings (SSSR count). The summed E-state index contributed by atoms with van der Waals surface area (Å²) < 4.78 is 22.0. The molecule has 0 unspecified atom stereocenters. The molecule has 0 N–H and O–H groups in total. The standard InChI is InChI=1S/C24H19Br.C24H19.C23H16.2C6H12BO2.7Y/c1-14-12-19-22(17-10-6-4-8-15(14)17)23-18-11-7-5-9-16(18)21(25)13-20(23)24(19,2)3;1-15-14-21-23(19-11-7-6-9-17(15)19)22-18-10-5-4-8-16(18)12-13-20(22)24(21,2)3;1-23(2)19-13-11-15-7-3-5-9-17(15)21(19)22-18-10-6-4-8-16(18)12-14-20(22)23;2*1-5(2)6(3,4)9-7-8-5;;;;;;;/h4-13H,1-3H3;4-11,13-14H,1-3H3;3-10,13-14H,1-2H3;2*1-4H3;;;;;;;/q;-1;-2;;;;;;;;;. The minimum Gasteiger partial charge on any atom is -0.405 e. The molecule has 2 heterocycles. The SMILES string of the molecule is CC1(C)O[B]OC1(C)C.CC1(C)O[B]OC1(C)C.CC1(C)c2c[c-]c3ccccc3c2-c2c1c[c-]c1ccccc21.Cc1cc2c(c3ccccc13)-c1c(c[c-]c3ccccc13)C2(C)C.Cc1cc2c(c3ccccc13)-c1c(cc(Br)c3ccccc13)C2(C)C.[Y].[Y].[Y].[Y].[Y].[Y].[Y]. The van der Waals surface area contributed by atoms with Crippen molar-refractivity contribution in [2.24, 2.45) is 0 Å². The van der Waals surface area contributed by atoms with Gasteiger partial charge in [-0.2, -0.15) is 0 Å². The van der Waals surface area contributed by atoms with E-state index in [1.54, 1.807) is 0 Å². The van der Waals surface area contributed by atoms with E-state index in [2.05, 4.69) is 272 Å². The molecule has 0 bridgehead atoms. The van der Waals surface area contributed by atoms with Gasteiger partial charge >= 0.3 is 15.4 Å². The van der Waals surface area contributed by atoms with Crippen LogP contribution in [0.4, 0.5) is 0 Å². The number of benzene rings is 12. The van der Waals surface area contributed by atoms with E-state index in [0.29, 0.717) is 0 Å². The van der Waals surface area contributed by atoms with E-state index in [1.165, 1.54) is 162 Å². The van der Waals surface area contributed by atoms with Crippen LogP contribution in [0.15, 0.2) is 186 Å².